The fraction of sp³-hybridized carbons (Fsp3) is 0.692. The Morgan fingerprint density at radius 1 is 1.63 bits per heavy atom. The van der Waals surface area contributed by atoms with E-state index in [0.717, 1.165) is 18.8 Å². The maximum atomic E-state index is 11.2. The lowest BCUT2D eigenvalue weighted by atomic mass is 10.0. The Hall–Kier alpha value is -1.40. The van der Waals surface area contributed by atoms with E-state index in [1.807, 2.05) is 6.92 Å². The minimum atomic E-state index is -0.927. The highest BCUT2D eigenvalue weighted by Gasteiger charge is 2.32. The van der Waals surface area contributed by atoms with Gasteiger partial charge < -0.3 is 9.84 Å². The predicted octanol–water partition coefficient (Wildman–Crippen LogP) is 1.12. The van der Waals surface area contributed by atoms with Crippen LogP contribution in [0.1, 0.15) is 36.8 Å². The quantitative estimate of drug-likeness (QED) is 0.888. The number of carbonyl (C=O) groups is 1. The van der Waals surface area contributed by atoms with E-state index in [9.17, 15) is 4.79 Å². The average molecular weight is 267 g/mol. The maximum absolute atomic E-state index is 11.2. The molecule has 1 aromatic heterocycles. The number of hydrogen-bond donors (Lipinski definition) is 1. The van der Waals surface area contributed by atoms with E-state index in [1.54, 1.807) is 11.7 Å². The van der Waals surface area contributed by atoms with Gasteiger partial charge in [-0.1, -0.05) is 0 Å². The molecule has 1 unspecified atom stereocenters. The first kappa shape index (κ1) is 14.0. The van der Waals surface area contributed by atoms with E-state index in [-0.39, 0.29) is 17.3 Å². The van der Waals surface area contributed by atoms with E-state index < -0.39 is 5.97 Å². The van der Waals surface area contributed by atoms with Gasteiger partial charge in [-0.2, -0.15) is 5.10 Å². The van der Waals surface area contributed by atoms with Gasteiger partial charge in [0.15, 0.2) is 0 Å². The van der Waals surface area contributed by atoms with Gasteiger partial charge in [0.25, 0.3) is 0 Å². The maximum Gasteiger partial charge on any atom is 0.339 e. The van der Waals surface area contributed by atoms with E-state index in [0.29, 0.717) is 6.54 Å². The van der Waals surface area contributed by atoms with Crippen LogP contribution >= 0.6 is 0 Å². The summed E-state index contributed by atoms with van der Waals surface area (Å²) in [5.41, 5.74) is 0.802. The summed E-state index contributed by atoms with van der Waals surface area (Å²) in [6.45, 7) is 8.30. The summed E-state index contributed by atoms with van der Waals surface area (Å²) in [5.74, 6) is -0.927. The van der Waals surface area contributed by atoms with Crippen LogP contribution in [0.4, 0.5) is 0 Å². The average Bonchev–Trinajstić information content (AvgIpc) is 2.57. The molecular weight excluding hydrogens is 246 g/mol. The first-order valence-corrected chi connectivity index (χ1v) is 6.43. The van der Waals surface area contributed by atoms with E-state index in [2.05, 4.69) is 23.8 Å². The van der Waals surface area contributed by atoms with Crippen LogP contribution in [0.25, 0.3) is 0 Å². The Morgan fingerprint density at radius 3 is 2.89 bits per heavy atom. The molecule has 1 aliphatic rings. The number of hydrogen-bond acceptors (Lipinski definition) is 4. The summed E-state index contributed by atoms with van der Waals surface area (Å²) in [7, 11) is 1.77. The zero-order valence-corrected chi connectivity index (χ0v) is 11.9. The highest BCUT2D eigenvalue weighted by molar-refractivity contribution is 5.88. The number of aromatic nitrogens is 2. The van der Waals surface area contributed by atoms with Crippen molar-refractivity contribution < 1.29 is 14.6 Å². The molecule has 1 N–H and O–H groups in total. The molecule has 0 aromatic carbocycles. The number of rotatable bonds is 3. The topological polar surface area (TPSA) is 67.6 Å². The molecule has 1 aromatic rings. The van der Waals surface area contributed by atoms with Crippen LogP contribution in [0.2, 0.25) is 0 Å². The Balaban J connectivity index is 2.17. The molecule has 0 amide bonds. The Bertz CT molecular complexity index is 481. The number of morpholine rings is 1. The monoisotopic (exact) mass is 267 g/mol. The summed E-state index contributed by atoms with van der Waals surface area (Å²) in [6, 6.07) is 0. The second-order valence-corrected chi connectivity index (χ2v) is 5.79. The van der Waals surface area contributed by atoms with Crippen molar-refractivity contribution in [2.75, 3.05) is 13.1 Å². The highest BCUT2D eigenvalue weighted by Crippen LogP contribution is 2.23. The molecule has 1 atom stereocenters. The Morgan fingerprint density at radius 2 is 2.32 bits per heavy atom. The molecule has 106 valence electrons. The normalized spacial score (nSPS) is 23.5. The fourth-order valence-corrected chi connectivity index (χ4v) is 2.75. The van der Waals surface area contributed by atoms with Crippen molar-refractivity contribution in [1.82, 2.24) is 14.7 Å². The number of carboxylic acids is 1. The lowest BCUT2D eigenvalue weighted by molar-refractivity contribution is -0.131. The number of nitrogens with zero attached hydrogens (tertiary/aromatic N) is 3. The molecule has 0 aliphatic carbocycles. The summed E-state index contributed by atoms with van der Waals surface area (Å²) in [4.78, 5) is 13.4. The minimum Gasteiger partial charge on any atom is -0.478 e. The van der Waals surface area contributed by atoms with Crippen LogP contribution in [-0.2, 0) is 18.3 Å². The van der Waals surface area contributed by atoms with Crippen LogP contribution < -0.4 is 0 Å². The van der Waals surface area contributed by atoms with Gasteiger partial charge in [-0.25, -0.2) is 4.79 Å². The molecule has 0 saturated carbocycles. The number of aryl methyl sites for hydroxylation is 1. The second-order valence-electron chi connectivity index (χ2n) is 5.79. The van der Waals surface area contributed by atoms with Crippen molar-refractivity contribution in [2.24, 2.45) is 7.05 Å². The SMILES string of the molecule is CC1CN(Cc2c(C(=O)O)cnn2C)CC(C)(C)O1. The van der Waals surface area contributed by atoms with E-state index >= 15 is 0 Å². The number of ether oxygens (including phenoxy) is 1. The summed E-state index contributed by atoms with van der Waals surface area (Å²) in [5, 5.41) is 13.2. The Labute approximate surface area is 113 Å². The molecule has 2 heterocycles. The van der Waals surface area contributed by atoms with Gasteiger partial charge in [-0.3, -0.25) is 9.58 Å². The van der Waals surface area contributed by atoms with Crippen LogP contribution in [0.15, 0.2) is 6.20 Å². The van der Waals surface area contributed by atoms with E-state index in [4.69, 9.17) is 9.84 Å². The van der Waals surface area contributed by atoms with Crippen molar-refractivity contribution >= 4 is 5.97 Å². The van der Waals surface area contributed by atoms with Gasteiger partial charge in [0.05, 0.1) is 23.6 Å². The molecule has 1 fully saturated rings. The third-order valence-electron chi connectivity index (χ3n) is 3.31. The zero-order chi connectivity index (χ0) is 14.2. The van der Waals surface area contributed by atoms with Gasteiger partial charge in [0, 0.05) is 26.7 Å². The molecule has 0 radical (unpaired) electrons. The van der Waals surface area contributed by atoms with Crippen molar-refractivity contribution in [2.45, 2.75) is 39.0 Å². The van der Waals surface area contributed by atoms with E-state index in [1.165, 1.54) is 6.20 Å². The lowest BCUT2D eigenvalue weighted by Gasteiger charge is -2.41. The number of carboxylic acid groups (broad SMARTS) is 1. The third-order valence-corrected chi connectivity index (χ3v) is 3.31. The number of aromatic carboxylic acids is 1. The standard InChI is InChI=1S/C13H21N3O3/c1-9-6-16(8-13(2,3)19-9)7-11-10(12(17)18)5-14-15(11)4/h5,9H,6-8H2,1-4H3,(H,17,18). The molecule has 19 heavy (non-hydrogen) atoms. The molecule has 6 nitrogen and oxygen atoms in total. The summed E-state index contributed by atoms with van der Waals surface area (Å²) >= 11 is 0. The van der Waals surface area contributed by atoms with Gasteiger partial charge in [0.1, 0.15) is 5.56 Å². The van der Waals surface area contributed by atoms with Crippen LogP contribution in [0.3, 0.4) is 0 Å². The lowest BCUT2D eigenvalue weighted by Crippen LogP contribution is -2.51. The first-order valence-electron chi connectivity index (χ1n) is 6.43. The molecule has 1 saturated heterocycles. The van der Waals surface area contributed by atoms with Crippen LogP contribution in [0.5, 0.6) is 0 Å². The van der Waals surface area contributed by atoms with Gasteiger partial charge in [-0.05, 0) is 20.8 Å². The summed E-state index contributed by atoms with van der Waals surface area (Å²) < 4.78 is 7.49. The van der Waals surface area contributed by atoms with Gasteiger partial charge in [0.2, 0.25) is 0 Å². The van der Waals surface area contributed by atoms with Crippen molar-refractivity contribution in [3.63, 3.8) is 0 Å². The second kappa shape index (κ2) is 4.94. The smallest absolute Gasteiger partial charge is 0.339 e. The minimum absolute atomic E-state index is 0.144. The van der Waals surface area contributed by atoms with Crippen LogP contribution in [-0.4, -0.2) is 50.6 Å². The van der Waals surface area contributed by atoms with Crippen molar-refractivity contribution in [1.29, 1.82) is 0 Å². The predicted molar refractivity (Wildman–Crippen MR) is 70.1 cm³/mol. The molecule has 6 heteroatoms. The zero-order valence-electron chi connectivity index (χ0n) is 11.9. The van der Waals surface area contributed by atoms with Crippen molar-refractivity contribution in [3.05, 3.63) is 17.5 Å². The summed E-state index contributed by atoms with van der Waals surface area (Å²) in [6.07, 6.45) is 1.55. The van der Waals surface area contributed by atoms with Gasteiger partial charge in [-0.15, -0.1) is 0 Å². The molecule has 0 spiro atoms. The highest BCUT2D eigenvalue weighted by atomic mass is 16.5. The molecule has 0 bridgehead atoms. The third kappa shape index (κ3) is 3.13. The van der Waals surface area contributed by atoms with Gasteiger partial charge >= 0.3 is 5.97 Å². The van der Waals surface area contributed by atoms with Crippen molar-refractivity contribution in [3.8, 4) is 0 Å². The van der Waals surface area contributed by atoms with Crippen LogP contribution in [0, 0.1) is 0 Å². The molecular formula is C13H21N3O3. The first-order chi connectivity index (χ1) is 8.78. The molecule has 1 aliphatic heterocycles. The Kier molecular flexibility index (Phi) is 3.64. The fourth-order valence-electron chi connectivity index (χ4n) is 2.75. The largest absolute Gasteiger partial charge is 0.478 e. The molecule has 2 rings (SSSR count).